The standard InChI is InChI=1S/C13H12N4O/c14-11-7-15-13-10(6-16-17(13)8-11)5-9-1-3-12(18)4-2-9/h1-4,6-8,18H,5,14H2. The van der Waals surface area contributed by atoms with E-state index in [2.05, 4.69) is 10.1 Å². The van der Waals surface area contributed by atoms with Crippen LogP contribution < -0.4 is 5.73 Å². The van der Waals surface area contributed by atoms with Crippen molar-refractivity contribution in [3.63, 3.8) is 0 Å². The monoisotopic (exact) mass is 240 g/mol. The maximum Gasteiger partial charge on any atom is 0.158 e. The first-order chi connectivity index (χ1) is 8.72. The first-order valence-corrected chi connectivity index (χ1v) is 5.58. The zero-order chi connectivity index (χ0) is 12.5. The highest BCUT2D eigenvalue weighted by Crippen LogP contribution is 2.16. The van der Waals surface area contributed by atoms with Crippen LogP contribution in [0, 0.1) is 0 Å². The third kappa shape index (κ3) is 1.86. The maximum atomic E-state index is 9.24. The number of hydrogen-bond acceptors (Lipinski definition) is 4. The minimum atomic E-state index is 0.268. The van der Waals surface area contributed by atoms with Crippen LogP contribution in [0.25, 0.3) is 5.65 Å². The number of fused-ring (bicyclic) bond motifs is 1. The van der Waals surface area contributed by atoms with Gasteiger partial charge in [0.1, 0.15) is 5.75 Å². The second kappa shape index (κ2) is 4.03. The minimum Gasteiger partial charge on any atom is -0.508 e. The maximum absolute atomic E-state index is 9.24. The van der Waals surface area contributed by atoms with Gasteiger partial charge >= 0.3 is 0 Å². The molecule has 0 amide bonds. The third-order valence-electron chi connectivity index (χ3n) is 2.78. The zero-order valence-electron chi connectivity index (χ0n) is 9.61. The average Bonchev–Trinajstić information content (AvgIpc) is 2.74. The van der Waals surface area contributed by atoms with Gasteiger partial charge in [0.05, 0.1) is 24.3 Å². The molecule has 0 saturated carbocycles. The molecule has 1 aromatic carbocycles. The molecule has 3 aromatic rings. The Labute approximate surface area is 104 Å². The Morgan fingerprint density at radius 1 is 1.17 bits per heavy atom. The summed E-state index contributed by atoms with van der Waals surface area (Å²) in [6.45, 7) is 0. The van der Waals surface area contributed by atoms with E-state index in [1.54, 1.807) is 35.2 Å². The van der Waals surface area contributed by atoms with Crippen molar-refractivity contribution in [3.05, 3.63) is 54.0 Å². The van der Waals surface area contributed by atoms with Gasteiger partial charge in [-0.1, -0.05) is 12.1 Å². The number of aromatic nitrogens is 3. The van der Waals surface area contributed by atoms with Crippen LogP contribution in [0.3, 0.4) is 0 Å². The number of aromatic hydroxyl groups is 1. The Bertz CT molecular complexity index is 688. The van der Waals surface area contributed by atoms with Gasteiger partial charge < -0.3 is 10.8 Å². The van der Waals surface area contributed by atoms with E-state index in [0.29, 0.717) is 5.69 Å². The summed E-state index contributed by atoms with van der Waals surface area (Å²) in [6, 6.07) is 7.12. The summed E-state index contributed by atoms with van der Waals surface area (Å²) in [7, 11) is 0. The Morgan fingerprint density at radius 2 is 1.94 bits per heavy atom. The van der Waals surface area contributed by atoms with Crippen molar-refractivity contribution in [2.45, 2.75) is 6.42 Å². The molecule has 0 radical (unpaired) electrons. The number of phenolic OH excluding ortho intramolecular Hbond substituents is 1. The van der Waals surface area contributed by atoms with Crippen LogP contribution in [-0.4, -0.2) is 19.7 Å². The second-order valence-electron chi connectivity index (χ2n) is 4.17. The summed E-state index contributed by atoms with van der Waals surface area (Å²) in [5.74, 6) is 0.268. The summed E-state index contributed by atoms with van der Waals surface area (Å²) in [5, 5.41) is 13.5. The van der Waals surface area contributed by atoms with Gasteiger partial charge in [-0.25, -0.2) is 9.50 Å². The number of phenols is 1. The number of nitrogens with two attached hydrogens (primary N) is 1. The molecule has 2 aromatic heterocycles. The smallest absolute Gasteiger partial charge is 0.158 e. The highest BCUT2D eigenvalue weighted by molar-refractivity contribution is 5.51. The fraction of sp³-hybridized carbons (Fsp3) is 0.0769. The van der Waals surface area contributed by atoms with Gasteiger partial charge in [-0.15, -0.1) is 0 Å². The van der Waals surface area contributed by atoms with Crippen molar-refractivity contribution in [2.75, 3.05) is 5.73 Å². The van der Waals surface area contributed by atoms with Gasteiger partial charge in [0, 0.05) is 12.0 Å². The van der Waals surface area contributed by atoms with Gasteiger partial charge in [0.25, 0.3) is 0 Å². The van der Waals surface area contributed by atoms with E-state index >= 15 is 0 Å². The van der Waals surface area contributed by atoms with Crippen LogP contribution in [0.1, 0.15) is 11.1 Å². The molecule has 5 nitrogen and oxygen atoms in total. The normalized spacial score (nSPS) is 10.9. The molecule has 3 rings (SSSR count). The Balaban J connectivity index is 1.97. The number of nitrogen functional groups attached to an aromatic ring is 1. The molecule has 0 atom stereocenters. The molecule has 0 bridgehead atoms. The molecule has 90 valence electrons. The van der Waals surface area contributed by atoms with Gasteiger partial charge in [0.2, 0.25) is 0 Å². The van der Waals surface area contributed by atoms with E-state index in [0.717, 1.165) is 23.2 Å². The SMILES string of the molecule is Nc1cnc2c(Cc3ccc(O)cc3)cnn2c1. The number of anilines is 1. The van der Waals surface area contributed by atoms with Crippen molar-refractivity contribution in [1.82, 2.24) is 14.6 Å². The van der Waals surface area contributed by atoms with Gasteiger partial charge in [0.15, 0.2) is 5.65 Å². The minimum absolute atomic E-state index is 0.268. The Morgan fingerprint density at radius 3 is 2.72 bits per heavy atom. The fourth-order valence-electron chi connectivity index (χ4n) is 1.90. The van der Waals surface area contributed by atoms with Crippen molar-refractivity contribution in [2.24, 2.45) is 0 Å². The molecular formula is C13H12N4O. The first-order valence-electron chi connectivity index (χ1n) is 5.58. The number of hydrogen-bond donors (Lipinski definition) is 2. The van der Waals surface area contributed by atoms with Crippen molar-refractivity contribution >= 4 is 11.3 Å². The lowest BCUT2D eigenvalue weighted by Crippen LogP contribution is -1.95. The van der Waals surface area contributed by atoms with Crippen LogP contribution in [0.5, 0.6) is 5.75 Å². The summed E-state index contributed by atoms with van der Waals surface area (Å²) >= 11 is 0. The molecule has 0 fully saturated rings. The van der Waals surface area contributed by atoms with Crippen LogP contribution in [-0.2, 0) is 6.42 Å². The lowest BCUT2D eigenvalue weighted by molar-refractivity contribution is 0.475. The fourth-order valence-corrected chi connectivity index (χ4v) is 1.90. The summed E-state index contributed by atoms with van der Waals surface area (Å²) in [5.41, 5.74) is 9.17. The van der Waals surface area contributed by atoms with Gasteiger partial charge in [-0.2, -0.15) is 5.10 Å². The van der Waals surface area contributed by atoms with Crippen LogP contribution in [0.15, 0.2) is 42.9 Å². The zero-order valence-corrected chi connectivity index (χ0v) is 9.61. The van der Waals surface area contributed by atoms with E-state index in [9.17, 15) is 5.11 Å². The molecule has 2 heterocycles. The largest absolute Gasteiger partial charge is 0.508 e. The average molecular weight is 240 g/mol. The van der Waals surface area contributed by atoms with Crippen molar-refractivity contribution in [3.8, 4) is 5.75 Å². The van der Waals surface area contributed by atoms with Gasteiger partial charge in [-0.3, -0.25) is 0 Å². The Kier molecular flexibility index (Phi) is 2.37. The molecule has 0 unspecified atom stereocenters. The van der Waals surface area contributed by atoms with Crippen molar-refractivity contribution in [1.29, 1.82) is 0 Å². The number of nitrogens with zero attached hydrogens (tertiary/aromatic N) is 3. The molecule has 0 spiro atoms. The quantitative estimate of drug-likeness (QED) is 0.713. The first kappa shape index (κ1) is 10.6. The van der Waals surface area contributed by atoms with Crippen molar-refractivity contribution < 1.29 is 5.11 Å². The molecule has 5 heteroatoms. The molecule has 0 aliphatic carbocycles. The number of rotatable bonds is 2. The molecule has 3 N–H and O–H groups in total. The van der Waals surface area contributed by atoms with Crippen LogP contribution in [0.2, 0.25) is 0 Å². The summed E-state index contributed by atoms with van der Waals surface area (Å²) in [6.07, 6.45) is 5.87. The lowest BCUT2D eigenvalue weighted by atomic mass is 10.1. The summed E-state index contributed by atoms with van der Waals surface area (Å²) < 4.78 is 1.67. The topological polar surface area (TPSA) is 76.4 Å². The van der Waals surface area contributed by atoms with E-state index in [1.165, 1.54) is 0 Å². The van der Waals surface area contributed by atoms with E-state index in [1.807, 2.05) is 12.1 Å². The van der Waals surface area contributed by atoms with Crippen LogP contribution >= 0.6 is 0 Å². The molecule has 18 heavy (non-hydrogen) atoms. The highest BCUT2D eigenvalue weighted by atomic mass is 16.3. The second-order valence-corrected chi connectivity index (χ2v) is 4.17. The predicted molar refractivity (Wildman–Crippen MR) is 68.3 cm³/mol. The van der Waals surface area contributed by atoms with Gasteiger partial charge in [-0.05, 0) is 17.7 Å². The number of benzene rings is 1. The third-order valence-corrected chi connectivity index (χ3v) is 2.78. The predicted octanol–water partition coefficient (Wildman–Crippen LogP) is 1.61. The van der Waals surface area contributed by atoms with E-state index < -0.39 is 0 Å². The van der Waals surface area contributed by atoms with Crippen LogP contribution in [0.4, 0.5) is 5.69 Å². The Hall–Kier alpha value is -2.56. The summed E-state index contributed by atoms with van der Waals surface area (Å²) in [4.78, 5) is 4.28. The van der Waals surface area contributed by atoms with E-state index in [4.69, 9.17) is 5.73 Å². The molecular weight excluding hydrogens is 228 g/mol. The molecule has 0 aliphatic rings. The molecule has 0 aliphatic heterocycles. The molecule has 0 saturated heterocycles. The lowest BCUT2D eigenvalue weighted by Gasteiger charge is -2.00. The van der Waals surface area contributed by atoms with E-state index in [-0.39, 0.29) is 5.75 Å². The highest BCUT2D eigenvalue weighted by Gasteiger charge is 2.06.